The number of methoxy groups -OCH3 is 1. The van der Waals surface area contributed by atoms with Gasteiger partial charge in [-0.3, -0.25) is 14.9 Å². The van der Waals surface area contributed by atoms with E-state index in [4.69, 9.17) is 9.47 Å². The number of hydrogen-bond acceptors (Lipinski definition) is 5. The molecule has 7 nitrogen and oxygen atoms in total. The number of nitrogens with zero attached hydrogens (tertiary/aromatic N) is 1. The molecule has 0 aliphatic heterocycles. The van der Waals surface area contributed by atoms with Gasteiger partial charge in [0, 0.05) is 12.6 Å². The number of unbranched alkanes of at least 4 members (excludes halogenated alkanes) is 2. The molecule has 0 spiro atoms. The molecule has 22 heavy (non-hydrogen) atoms. The molecule has 0 saturated heterocycles. The summed E-state index contributed by atoms with van der Waals surface area (Å²) in [5.41, 5.74) is -0.320. The molecule has 0 atom stereocenters. The fourth-order valence-electron chi connectivity index (χ4n) is 1.98. The molecule has 7 heteroatoms. The molecule has 122 valence electrons. The van der Waals surface area contributed by atoms with Crippen LogP contribution in [0, 0.1) is 10.1 Å². The first-order valence-electron chi connectivity index (χ1n) is 7.32. The summed E-state index contributed by atoms with van der Waals surface area (Å²) in [6.07, 6.45) is 2.87. The Balaban J connectivity index is 3.06. The SMILES string of the molecule is CCCCCNC(=O)c1cc(OCC)c(OC)cc1[N+](=O)[O-]. The molecule has 0 heterocycles. The highest BCUT2D eigenvalue weighted by atomic mass is 16.6. The Kier molecular flexibility index (Phi) is 7.15. The summed E-state index contributed by atoms with van der Waals surface area (Å²) in [5, 5.41) is 13.9. The molecule has 0 bridgehead atoms. The number of hydrogen-bond donors (Lipinski definition) is 1. The van der Waals surface area contributed by atoms with E-state index in [0.29, 0.717) is 18.9 Å². The molecular formula is C15H22N2O5. The monoisotopic (exact) mass is 310 g/mol. The van der Waals surface area contributed by atoms with Crippen molar-refractivity contribution in [3.63, 3.8) is 0 Å². The predicted octanol–water partition coefficient (Wildman–Crippen LogP) is 2.92. The van der Waals surface area contributed by atoms with Crippen molar-refractivity contribution in [2.24, 2.45) is 0 Å². The van der Waals surface area contributed by atoms with Gasteiger partial charge in [-0.1, -0.05) is 19.8 Å². The van der Waals surface area contributed by atoms with Crippen molar-refractivity contribution < 1.29 is 19.2 Å². The minimum atomic E-state index is -0.598. The van der Waals surface area contributed by atoms with Gasteiger partial charge in [-0.05, 0) is 13.3 Å². The molecule has 1 amide bonds. The van der Waals surface area contributed by atoms with E-state index >= 15 is 0 Å². The van der Waals surface area contributed by atoms with Gasteiger partial charge >= 0.3 is 0 Å². The molecule has 0 fully saturated rings. The number of rotatable bonds is 9. The smallest absolute Gasteiger partial charge is 0.286 e. The lowest BCUT2D eigenvalue weighted by molar-refractivity contribution is -0.385. The first kappa shape index (κ1) is 17.7. The number of nitro benzene ring substituents is 1. The number of amides is 1. The van der Waals surface area contributed by atoms with Gasteiger partial charge in [0.25, 0.3) is 11.6 Å². The molecule has 1 aromatic carbocycles. The van der Waals surface area contributed by atoms with Crippen molar-refractivity contribution in [1.29, 1.82) is 0 Å². The number of benzene rings is 1. The van der Waals surface area contributed by atoms with Crippen LogP contribution in [0.1, 0.15) is 43.5 Å². The fourth-order valence-corrected chi connectivity index (χ4v) is 1.98. The van der Waals surface area contributed by atoms with Gasteiger partial charge in [-0.25, -0.2) is 0 Å². The second-order valence-corrected chi connectivity index (χ2v) is 4.67. The summed E-state index contributed by atoms with van der Waals surface area (Å²) in [6.45, 7) is 4.70. The Hall–Kier alpha value is -2.31. The Labute approximate surface area is 129 Å². The Morgan fingerprint density at radius 2 is 2.00 bits per heavy atom. The van der Waals surface area contributed by atoms with E-state index in [2.05, 4.69) is 12.2 Å². The van der Waals surface area contributed by atoms with Gasteiger partial charge in [0.2, 0.25) is 0 Å². The highest BCUT2D eigenvalue weighted by molar-refractivity contribution is 5.99. The van der Waals surface area contributed by atoms with Crippen LogP contribution in [-0.2, 0) is 0 Å². The van der Waals surface area contributed by atoms with Crippen LogP contribution < -0.4 is 14.8 Å². The van der Waals surface area contributed by atoms with Crippen molar-refractivity contribution in [3.05, 3.63) is 27.8 Å². The highest BCUT2D eigenvalue weighted by Crippen LogP contribution is 2.34. The standard InChI is InChI=1S/C15H22N2O5/c1-4-6-7-8-16-15(18)11-9-14(22-5-2)13(21-3)10-12(11)17(19)20/h9-10H,4-8H2,1-3H3,(H,16,18). The summed E-state index contributed by atoms with van der Waals surface area (Å²) in [6, 6.07) is 2.57. The predicted molar refractivity (Wildman–Crippen MR) is 82.7 cm³/mol. The molecular weight excluding hydrogens is 288 g/mol. The number of carbonyl (C=O) groups is 1. The third-order valence-electron chi connectivity index (χ3n) is 3.09. The third kappa shape index (κ3) is 4.61. The second kappa shape index (κ2) is 8.86. The Bertz CT molecular complexity index is 531. The molecule has 0 aliphatic rings. The van der Waals surface area contributed by atoms with Crippen molar-refractivity contribution in [2.75, 3.05) is 20.3 Å². The normalized spacial score (nSPS) is 10.1. The zero-order valence-electron chi connectivity index (χ0n) is 13.2. The van der Waals surface area contributed by atoms with Crippen LogP contribution in [0.3, 0.4) is 0 Å². The van der Waals surface area contributed by atoms with Crippen LogP contribution in [0.2, 0.25) is 0 Å². The Morgan fingerprint density at radius 1 is 1.27 bits per heavy atom. The van der Waals surface area contributed by atoms with Crippen LogP contribution in [0.15, 0.2) is 12.1 Å². The van der Waals surface area contributed by atoms with E-state index in [1.54, 1.807) is 6.92 Å². The van der Waals surface area contributed by atoms with Gasteiger partial charge in [0.15, 0.2) is 11.5 Å². The quantitative estimate of drug-likeness (QED) is 0.430. The van der Waals surface area contributed by atoms with Gasteiger partial charge in [-0.2, -0.15) is 0 Å². The van der Waals surface area contributed by atoms with E-state index in [9.17, 15) is 14.9 Å². The van der Waals surface area contributed by atoms with Crippen LogP contribution in [0.25, 0.3) is 0 Å². The van der Waals surface area contributed by atoms with Gasteiger partial charge < -0.3 is 14.8 Å². The van der Waals surface area contributed by atoms with Crippen molar-refractivity contribution in [2.45, 2.75) is 33.1 Å². The number of ether oxygens (including phenoxy) is 2. The summed E-state index contributed by atoms with van der Waals surface area (Å²) in [4.78, 5) is 22.7. The van der Waals surface area contributed by atoms with Crippen LogP contribution in [0.5, 0.6) is 11.5 Å². The van der Waals surface area contributed by atoms with Crippen LogP contribution >= 0.6 is 0 Å². The van der Waals surface area contributed by atoms with Crippen molar-refractivity contribution >= 4 is 11.6 Å². The lowest BCUT2D eigenvalue weighted by Crippen LogP contribution is -2.25. The van der Waals surface area contributed by atoms with E-state index < -0.39 is 10.8 Å². The minimum Gasteiger partial charge on any atom is -0.493 e. The third-order valence-corrected chi connectivity index (χ3v) is 3.09. The molecule has 1 aromatic rings. The molecule has 1 N–H and O–H groups in total. The fraction of sp³-hybridized carbons (Fsp3) is 0.533. The van der Waals surface area contributed by atoms with Gasteiger partial charge in [0.1, 0.15) is 5.56 Å². The maximum Gasteiger partial charge on any atom is 0.286 e. The summed E-state index contributed by atoms with van der Waals surface area (Å²) in [5.74, 6) is 0.0665. The van der Waals surface area contributed by atoms with Crippen LogP contribution in [-0.4, -0.2) is 31.1 Å². The lowest BCUT2D eigenvalue weighted by Gasteiger charge is -2.12. The summed E-state index contributed by atoms with van der Waals surface area (Å²) < 4.78 is 10.4. The lowest BCUT2D eigenvalue weighted by atomic mass is 10.1. The first-order chi connectivity index (χ1) is 10.5. The molecule has 0 radical (unpaired) electrons. The molecule has 0 aliphatic carbocycles. The van der Waals surface area contributed by atoms with Gasteiger partial charge in [0.05, 0.1) is 24.7 Å². The minimum absolute atomic E-state index is 0.0225. The van der Waals surface area contributed by atoms with Crippen molar-refractivity contribution in [3.8, 4) is 11.5 Å². The summed E-state index contributed by atoms with van der Waals surface area (Å²) in [7, 11) is 1.39. The molecule has 1 rings (SSSR count). The van der Waals surface area contributed by atoms with E-state index in [1.165, 1.54) is 19.2 Å². The molecule has 0 saturated carbocycles. The average molecular weight is 310 g/mol. The first-order valence-corrected chi connectivity index (χ1v) is 7.32. The summed E-state index contributed by atoms with van der Waals surface area (Å²) >= 11 is 0. The number of nitro groups is 1. The second-order valence-electron chi connectivity index (χ2n) is 4.67. The van der Waals surface area contributed by atoms with Crippen LogP contribution in [0.4, 0.5) is 5.69 Å². The maximum absolute atomic E-state index is 12.2. The topological polar surface area (TPSA) is 90.7 Å². The largest absolute Gasteiger partial charge is 0.493 e. The van der Waals surface area contributed by atoms with Gasteiger partial charge in [-0.15, -0.1) is 0 Å². The highest BCUT2D eigenvalue weighted by Gasteiger charge is 2.24. The number of nitrogens with one attached hydrogen (secondary N) is 1. The Morgan fingerprint density at radius 3 is 2.55 bits per heavy atom. The maximum atomic E-state index is 12.2. The average Bonchev–Trinajstić information content (AvgIpc) is 2.51. The zero-order chi connectivity index (χ0) is 16.5. The molecule has 0 aromatic heterocycles. The van der Waals surface area contributed by atoms with E-state index in [1.807, 2.05) is 0 Å². The number of carbonyl (C=O) groups excluding carboxylic acids is 1. The van der Waals surface area contributed by atoms with E-state index in [0.717, 1.165) is 19.3 Å². The van der Waals surface area contributed by atoms with E-state index in [-0.39, 0.29) is 17.0 Å². The zero-order valence-corrected chi connectivity index (χ0v) is 13.2. The van der Waals surface area contributed by atoms with Crippen molar-refractivity contribution in [1.82, 2.24) is 5.32 Å². The molecule has 0 unspecified atom stereocenters.